The number of nitrogens with zero attached hydrogens (tertiary/aromatic N) is 1. The maximum absolute atomic E-state index is 11.9. The van der Waals surface area contributed by atoms with Crippen LogP contribution in [-0.2, 0) is 9.53 Å². The predicted octanol–water partition coefficient (Wildman–Crippen LogP) is 5.90. The zero-order valence-electron chi connectivity index (χ0n) is 17.7. The largest absolute Gasteiger partial charge is 0.492 e. The Labute approximate surface area is 189 Å². The van der Waals surface area contributed by atoms with E-state index in [9.17, 15) is 9.90 Å². The van der Waals surface area contributed by atoms with E-state index < -0.39 is 5.72 Å². The molecule has 4 nitrogen and oxygen atoms in total. The third kappa shape index (κ3) is 6.57. The highest BCUT2D eigenvalue weighted by atomic mass is 127. The van der Waals surface area contributed by atoms with Crippen molar-refractivity contribution in [2.75, 3.05) is 13.2 Å². The van der Waals surface area contributed by atoms with Crippen molar-refractivity contribution in [3.63, 3.8) is 0 Å². The fourth-order valence-corrected chi connectivity index (χ4v) is 4.23. The molecule has 0 saturated carbocycles. The standard InChI is InChI=1S/C24H34INO3/c1-3-5-6-7-8-9-10-11-17-29-23-16-15-22(20-13-12-14-21(25)18-20)26(4-2)24(23,28)19-27/h12-16,18-19,28H,3-11,17H2,1-2H3. The van der Waals surface area contributed by atoms with Crippen LogP contribution in [0, 0.1) is 3.57 Å². The molecule has 0 saturated heterocycles. The van der Waals surface area contributed by atoms with Gasteiger partial charge in [0.15, 0.2) is 12.0 Å². The van der Waals surface area contributed by atoms with Gasteiger partial charge in [-0.15, -0.1) is 0 Å². The summed E-state index contributed by atoms with van der Waals surface area (Å²) in [5, 5.41) is 11.1. The first kappa shape index (κ1) is 23.9. The second-order valence-corrected chi connectivity index (χ2v) is 8.75. The van der Waals surface area contributed by atoms with E-state index in [1.54, 1.807) is 11.0 Å². The lowest BCUT2D eigenvalue weighted by Gasteiger charge is -2.41. The van der Waals surface area contributed by atoms with Crippen molar-refractivity contribution in [1.29, 1.82) is 0 Å². The maximum Gasteiger partial charge on any atom is 0.254 e. The van der Waals surface area contributed by atoms with Crippen LogP contribution in [0.4, 0.5) is 0 Å². The summed E-state index contributed by atoms with van der Waals surface area (Å²) in [6.45, 7) is 5.17. The zero-order valence-corrected chi connectivity index (χ0v) is 19.9. The monoisotopic (exact) mass is 511 g/mol. The summed E-state index contributed by atoms with van der Waals surface area (Å²) >= 11 is 2.26. The topological polar surface area (TPSA) is 49.8 Å². The van der Waals surface area contributed by atoms with Gasteiger partial charge in [0.05, 0.1) is 6.61 Å². The van der Waals surface area contributed by atoms with Gasteiger partial charge >= 0.3 is 0 Å². The van der Waals surface area contributed by atoms with Crippen molar-refractivity contribution >= 4 is 34.6 Å². The van der Waals surface area contributed by atoms with Crippen molar-refractivity contribution < 1.29 is 14.6 Å². The van der Waals surface area contributed by atoms with Crippen LogP contribution in [0.3, 0.4) is 0 Å². The molecule has 1 atom stereocenters. The molecule has 1 aromatic carbocycles. The molecule has 29 heavy (non-hydrogen) atoms. The lowest BCUT2D eigenvalue weighted by molar-refractivity contribution is -0.140. The number of hydrogen-bond donors (Lipinski definition) is 1. The molecule has 160 valence electrons. The highest BCUT2D eigenvalue weighted by Gasteiger charge is 2.42. The summed E-state index contributed by atoms with van der Waals surface area (Å²) in [4.78, 5) is 13.6. The first-order valence-electron chi connectivity index (χ1n) is 10.8. The molecule has 0 aromatic heterocycles. The molecule has 0 amide bonds. The second-order valence-electron chi connectivity index (χ2n) is 7.50. The average molecular weight is 511 g/mol. The number of allylic oxidation sites excluding steroid dienone is 2. The van der Waals surface area contributed by atoms with Gasteiger partial charge in [0.2, 0.25) is 0 Å². The van der Waals surface area contributed by atoms with Crippen LogP contribution in [0.15, 0.2) is 42.2 Å². The van der Waals surface area contributed by atoms with Crippen LogP contribution < -0.4 is 0 Å². The smallest absolute Gasteiger partial charge is 0.254 e. The number of likely N-dealkylation sites (N-methyl/N-ethyl adjacent to an activating group) is 1. The highest BCUT2D eigenvalue weighted by Crippen LogP contribution is 2.35. The Morgan fingerprint density at radius 3 is 2.38 bits per heavy atom. The number of halogens is 1. The molecular formula is C24H34INO3. The molecule has 0 radical (unpaired) electrons. The Bertz CT molecular complexity index is 716. The number of aldehydes is 1. The van der Waals surface area contributed by atoms with Crippen LogP contribution >= 0.6 is 22.6 Å². The molecular weight excluding hydrogens is 477 g/mol. The van der Waals surface area contributed by atoms with Crippen LogP contribution in [0.5, 0.6) is 0 Å². The number of ether oxygens (including phenoxy) is 1. The van der Waals surface area contributed by atoms with Gasteiger partial charge in [0, 0.05) is 15.8 Å². The Kier molecular flexibility index (Phi) is 10.2. The van der Waals surface area contributed by atoms with Crippen molar-refractivity contribution in [3.05, 3.63) is 51.3 Å². The van der Waals surface area contributed by atoms with E-state index in [0.29, 0.717) is 25.2 Å². The molecule has 1 N–H and O–H groups in total. The first-order valence-corrected chi connectivity index (χ1v) is 11.9. The van der Waals surface area contributed by atoms with Crippen molar-refractivity contribution in [2.24, 2.45) is 0 Å². The predicted molar refractivity (Wildman–Crippen MR) is 127 cm³/mol. The van der Waals surface area contributed by atoms with Gasteiger partial charge in [-0.05, 0) is 65.8 Å². The van der Waals surface area contributed by atoms with E-state index in [1.807, 2.05) is 37.3 Å². The summed E-state index contributed by atoms with van der Waals surface area (Å²) in [6, 6.07) is 8.02. The molecule has 0 spiro atoms. The number of carbonyl (C=O) groups excluding carboxylic acids is 1. The summed E-state index contributed by atoms with van der Waals surface area (Å²) in [6.07, 6.45) is 14.0. The number of aliphatic hydroxyl groups is 1. The molecule has 5 heteroatoms. The van der Waals surface area contributed by atoms with Crippen molar-refractivity contribution in [2.45, 2.75) is 70.9 Å². The number of rotatable bonds is 13. The van der Waals surface area contributed by atoms with E-state index in [1.165, 1.54) is 38.5 Å². The van der Waals surface area contributed by atoms with Gasteiger partial charge in [-0.1, -0.05) is 64.0 Å². The maximum atomic E-state index is 11.9. The summed E-state index contributed by atoms with van der Waals surface area (Å²) in [5.74, 6) is 0.312. The fraction of sp³-hybridized carbons (Fsp3) is 0.542. The molecule has 0 aliphatic carbocycles. The van der Waals surface area contributed by atoms with E-state index >= 15 is 0 Å². The normalized spacial score (nSPS) is 19.0. The summed E-state index contributed by atoms with van der Waals surface area (Å²) < 4.78 is 6.97. The Morgan fingerprint density at radius 2 is 1.76 bits per heavy atom. The van der Waals surface area contributed by atoms with Crippen molar-refractivity contribution in [3.8, 4) is 0 Å². The molecule has 1 heterocycles. The number of carbonyl (C=O) groups is 1. The SMILES string of the molecule is CCCCCCCCCCOC1=CC=C(c2cccc(I)c2)N(CC)C1(O)C=O. The molecule has 0 fully saturated rings. The summed E-state index contributed by atoms with van der Waals surface area (Å²) in [7, 11) is 0. The minimum Gasteiger partial charge on any atom is -0.492 e. The van der Waals surface area contributed by atoms with Gasteiger partial charge in [0.1, 0.15) is 0 Å². The minimum atomic E-state index is -1.76. The molecule has 1 unspecified atom stereocenters. The Morgan fingerprint density at radius 1 is 1.07 bits per heavy atom. The lowest BCUT2D eigenvalue weighted by Crippen LogP contribution is -2.52. The Balaban J connectivity index is 1.97. The van der Waals surface area contributed by atoms with Gasteiger partial charge in [-0.3, -0.25) is 4.79 Å². The van der Waals surface area contributed by atoms with E-state index in [0.717, 1.165) is 27.7 Å². The Hall–Kier alpha value is -1.34. The van der Waals surface area contributed by atoms with E-state index in [2.05, 4.69) is 29.5 Å². The third-order valence-corrected chi connectivity index (χ3v) is 5.98. The van der Waals surface area contributed by atoms with Crippen LogP contribution in [0.25, 0.3) is 5.70 Å². The lowest BCUT2D eigenvalue weighted by atomic mass is 10.0. The molecule has 1 aliphatic rings. The van der Waals surface area contributed by atoms with Gasteiger partial charge < -0.3 is 14.7 Å². The molecule has 0 bridgehead atoms. The number of unbranched alkanes of at least 4 members (excludes halogenated alkanes) is 7. The third-order valence-electron chi connectivity index (χ3n) is 5.31. The van der Waals surface area contributed by atoms with Gasteiger partial charge in [-0.2, -0.15) is 0 Å². The second kappa shape index (κ2) is 12.4. The van der Waals surface area contributed by atoms with Crippen LogP contribution in [0.1, 0.15) is 70.8 Å². The highest BCUT2D eigenvalue weighted by molar-refractivity contribution is 14.1. The molecule has 1 aromatic rings. The molecule has 2 rings (SSSR count). The van der Waals surface area contributed by atoms with Gasteiger partial charge in [0.25, 0.3) is 5.72 Å². The molecule has 1 aliphatic heterocycles. The van der Waals surface area contributed by atoms with E-state index in [4.69, 9.17) is 4.74 Å². The average Bonchev–Trinajstić information content (AvgIpc) is 2.73. The van der Waals surface area contributed by atoms with Gasteiger partial charge in [-0.25, -0.2) is 0 Å². The van der Waals surface area contributed by atoms with Crippen molar-refractivity contribution in [1.82, 2.24) is 4.90 Å². The van der Waals surface area contributed by atoms with Crippen LogP contribution in [0.2, 0.25) is 0 Å². The first-order chi connectivity index (χ1) is 14.1. The minimum absolute atomic E-state index is 0.312. The number of benzene rings is 1. The summed E-state index contributed by atoms with van der Waals surface area (Å²) in [5.41, 5.74) is 0.0257. The zero-order chi connectivity index (χ0) is 21.1. The van der Waals surface area contributed by atoms with Crippen LogP contribution in [-0.4, -0.2) is 35.2 Å². The number of hydrogen-bond acceptors (Lipinski definition) is 4. The quantitative estimate of drug-likeness (QED) is 0.204. The fourth-order valence-electron chi connectivity index (χ4n) is 3.69. The van der Waals surface area contributed by atoms with E-state index in [-0.39, 0.29) is 0 Å².